The van der Waals surface area contributed by atoms with Crippen LogP contribution in [0.15, 0.2) is 42.5 Å². The van der Waals surface area contributed by atoms with Crippen molar-refractivity contribution in [2.75, 3.05) is 25.5 Å². The van der Waals surface area contributed by atoms with Crippen LogP contribution in [-0.4, -0.2) is 31.0 Å². The van der Waals surface area contributed by atoms with Crippen molar-refractivity contribution in [1.29, 1.82) is 0 Å². The first kappa shape index (κ1) is 19.0. The molecule has 1 amide bonds. The van der Waals surface area contributed by atoms with E-state index in [1.807, 2.05) is 24.3 Å². The molecule has 1 heterocycles. The third-order valence-corrected chi connectivity index (χ3v) is 5.31. The van der Waals surface area contributed by atoms with Gasteiger partial charge in [0.25, 0.3) is 0 Å². The molecule has 1 aliphatic rings. The number of hydrogen-bond donors (Lipinski definition) is 1. The summed E-state index contributed by atoms with van der Waals surface area (Å²) in [5.41, 5.74) is 1.78. The van der Waals surface area contributed by atoms with Crippen LogP contribution < -0.4 is 10.1 Å². The number of piperidine rings is 1. The van der Waals surface area contributed by atoms with Gasteiger partial charge in [0.1, 0.15) is 5.75 Å². The minimum absolute atomic E-state index is 0.0232. The molecule has 0 saturated carbocycles. The zero-order valence-electron chi connectivity index (χ0n) is 14.7. The Balaban J connectivity index is 1.61. The average molecular weight is 393 g/mol. The number of nitrogens with zero attached hydrogens (tertiary/aromatic N) is 1. The van der Waals surface area contributed by atoms with E-state index in [0.29, 0.717) is 16.5 Å². The van der Waals surface area contributed by atoms with Crippen molar-refractivity contribution in [2.24, 2.45) is 5.92 Å². The van der Waals surface area contributed by atoms with Crippen LogP contribution in [0.3, 0.4) is 0 Å². The van der Waals surface area contributed by atoms with E-state index in [0.717, 1.165) is 43.1 Å². The first-order valence-corrected chi connectivity index (χ1v) is 9.42. The lowest BCUT2D eigenvalue weighted by Gasteiger charge is -2.32. The summed E-state index contributed by atoms with van der Waals surface area (Å²) in [5, 5.41) is 4.22. The second kappa shape index (κ2) is 8.76. The molecule has 4 nitrogen and oxygen atoms in total. The first-order chi connectivity index (χ1) is 12.6. The fourth-order valence-corrected chi connectivity index (χ4v) is 3.72. The van der Waals surface area contributed by atoms with Crippen LogP contribution in [-0.2, 0) is 11.3 Å². The Hall–Kier alpha value is -1.75. The summed E-state index contributed by atoms with van der Waals surface area (Å²) < 4.78 is 5.14. The number of methoxy groups -OCH3 is 1. The van der Waals surface area contributed by atoms with E-state index in [-0.39, 0.29) is 11.8 Å². The fourth-order valence-electron chi connectivity index (χ4n) is 3.27. The van der Waals surface area contributed by atoms with Crippen molar-refractivity contribution in [3.8, 4) is 5.75 Å². The van der Waals surface area contributed by atoms with Crippen molar-refractivity contribution in [3.05, 3.63) is 58.1 Å². The van der Waals surface area contributed by atoms with Gasteiger partial charge in [0.05, 0.1) is 18.1 Å². The molecule has 1 fully saturated rings. The quantitative estimate of drug-likeness (QED) is 0.790. The molecule has 2 aromatic rings. The Bertz CT molecular complexity index is 782. The van der Waals surface area contributed by atoms with Gasteiger partial charge in [0.2, 0.25) is 5.91 Å². The lowest BCUT2D eigenvalue weighted by Crippen LogP contribution is -2.40. The highest BCUT2D eigenvalue weighted by atomic mass is 35.5. The summed E-state index contributed by atoms with van der Waals surface area (Å²) in [5.74, 6) is 0.565. The van der Waals surface area contributed by atoms with Gasteiger partial charge in [-0.3, -0.25) is 9.69 Å². The SMILES string of the molecule is COc1ccc(NC(=O)[C@H]2CCCN(Cc3ccccc3Cl)C2)cc1Cl. The molecule has 26 heavy (non-hydrogen) atoms. The normalized spacial score (nSPS) is 17.7. The van der Waals surface area contributed by atoms with Crippen LogP contribution in [0.4, 0.5) is 5.69 Å². The molecular weight excluding hydrogens is 371 g/mol. The Labute approximate surface area is 164 Å². The molecule has 6 heteroatoms. The first-order valence-electron chi connectivity index (χ1n) is 8.67. The molecule has 1 N–H and O–H groups in total. The van der Waals surface area contributed by atoms with E-state index >= 15 is 0 Å². The molecule has 0 unspecified atom stereocenters. The van der Waals surface area contributed by atoms with Gasteiger partial charge >= 0.3 is 0 Å². The highest BCUT2D eigenvalue weighted by Crippen LogP contribution is 2.28. The van der Waals surface area contributed by atoms with Gasteiger partial charge in [-0.15, -0.1) is 0 Å². The molecular formula is C20H22Cl2N2O2. The number of carbonyl (C=O) groups excluding carboxylic acids is 1. The summed E-state index contributed by atoms with van der Waals surface area (Å²) in [7, 11) is 1.56. The van der Waals surface area contributed by atoms with Crippen LogP contribution in [0.25, 0.3) is 0 Å². The highest BCUT2D eigenvalue weighted by molar-refractivity contribution is 6.32. The summed E-state index contributed by atoms with van der Waals surface area (Å²) in [4.78, 5) is 14.9. The predicted octanol–water partition coefficient (Wildman–Crippen LogP) is 4.85. The lowest BCUT2D eigenvalue weighted by atomic mass is 9.96. The molecule has 3 rings (SSSR count). The van der Waals surface area contributed by atoms with Crippen LogP contribution >= 0.6 is 23.2 Å². The molecule has 1 atom stereocenters. The van der Waals surface area contributed by atoms with Gasteiger partial charge in [-0.2, -0.15) is 0 Å². The number of carbonyl (C=O) groups is 1. The van der Waals surface area contributed by atoms with E-state index in [1.165, 1.54) is 0 Å². The van der Waals surface area contributed by atoms with Crippen LogP contribution in [0.1, 0.15) is 18.4 Å². The monoisotopic (exact) mass is 392 g/mol. The van der Waals surface area contributed by atoms with Crippen LogP contribution in [0.2, 0.25) is 10.0 Å². The largest absolute Gasteiger partial charge is 0.495 e. The molecule has 0 radical (unpaired) electrons. The van der Waals surface area contributed by atoms with E-state index in [2.05, 4.69) is 10.2 Å². The number of halogens is 2. The van der Waals surface area contributed by atoms with Crippen molar-refractivity contribution >= 4 is 34.8 Å². The number of ether oxygens (including phenoxy) is 1. The molecule has 0 bridgehead atoms. The van der Waals surface area contributed by atoms with Gasteiger partial charge in [0.15, 0.2) is 0 Å². The van der Waals surface area contributed by atoms with Crippen molar-refractivity contribution in [1.82, 2.24) is 4.90 Å². The minimum Gasteiger partial charge on any atom is -0.495 e. The second-order valence-electron chi connectivity index (χ2n) is 6.50. The molecule has 1 saturated heterocycles. The van der Waals surface area contributed by atoms with Crippen molar-refractivity contribution in [2.45, 2.75) is 19.4 Å². The smallest absolute Gasteiger partial charge is 0.228 e. The number of anilines is 1. The van der Waals surface area contributed by atoms with E-state index in [1.54, 1.807) is 25.3 Å². The maximum atomic E-state index is 12.7. The Morgan fingerprint density at radius 2 is 2.04 bits per heavy atom. The van der Waals surface area contributed by atoms with E-state index in [9.17, 15) is 4.79 Å². The summed E-state index contributed by atoms with van der Waals surface area (Å²) in [6.45, 7) is 2.46. The molecule has 0 spiro atoms. The summed E-state index contributed by atoms with van der Waals surface area (Å²) in [6.07, 6.45) is 1.88. The third kappa shape index (κ3) is 4.70. The second-order valence-corrected chi connectivity index (χ2v) is 7.32. The molecule has 138 valence electrons. The Morgan fingerprint density at radius 1 is 1.23 bits per heavy atom. The van der Waals surface area contributed by atoms with Crippen molar-refractivity contribution < 1.29 is 9.53 Å². The minimum atomic E-state index is -0.0490. The Kier molecular flexibility index (Phi) is 6.41. The average Bonchev–Trinajstić information content (AvgIpc) is 2.64. The van der Waals surface area contributed by atoms with Crippen molar-refractivity contribution in [3.63, 3.8) is 0 Å². The summed E-state index contributed by atoms with van der Waals surface area (Å²) >= 11 is 12.4. The number of likely N-dealkylation sites (tertiary alicyclic amines) is 1. The molecule has 2 aromatic carbocycles. The number of rotatable bonds is 5. The standard InChI is InChI=1S/C20H22Cl2N2O2/c1-26-19-9-8-16(11-18(19)22)23-20(25)15-6-4-10-24(13-15)12-14-5-2-3-7-17(14)21/h2-3,5,7-9,11,15H,4,6,10,12-13H2,1H3,(H,23,25)/t15-/m0/s1. The number of nitrogens with one attached hydrogen (secondary N) is 1. The predicted molar refractivity (Wildman–Crippen MR) is 106 cm³/mol. The van der Waals surface area contributed by atoms with Gasteiger partial charge in [0, 0.05) is 23.8 Å². The van der Waals surface area contributed by atoms with Gasteiger partial charge in [-0.1, -0.05) is 41.4 Å². The topological polar surface area (TPSA) is 41.6 Å². The van der Waals surface area contributed by atoms with Gasteiger partial charge in [-0.25, -0.2) is 0 Å². The number of amides is 1. The maximum Gasteiger partial charge on any atom is 0.228 e. The van der Waals surface area contributed by atoms with Crippen LogP contribution in [0.5, 0.6) is 5.75 Å². The van der Waals surface area contributed by atoms with Gasteiger partial charge < -0.3 is 10.1 Å². The molecule has 1 aliphatic heterocycles. The van der Waals surface area contributed by atoms with E-state index < -0.39 is 0 Å². The lowest BCUT2D eigenvalue weighted by molar-refractivity contribution is -0.121. The zero-order valence-corrected chi connectivity index (χ0v) is 16.2. The van der Waals surface area contributed by atoms with Crippen LogP contribution in [0, 0.1) is 5.92 Å². The number of hydrogen-bond acceptors (Lipinski definition) is 3. The van der Waals surface area contributed by atoms with Gasteiger partial charge in [-0.05, 0) is 49.2 Å². The summed E-state index contributed by atoms with van der Waals surface area (Å²) in [6, 6.07) is 13.1. The molecule has 0 aliphatic carbocycles. The number of benzene rings is 2. The Morgan fingerprint density at radius 3 is 2.77 bits per heavy atom. The highest BCUT2D eigenvalue weighted by Gasteiger charge is 2.26. The maximum absolute atomic E-state index is 12.7. The third-order valence-electron chi connectivity index (χ3n) is 4.65. The fraction of sp³-hybridized carbons (Fsp3) is 0.350. The molecule has 0 aromatic heterocycles. The van der Waals surface area contributed by atoms with E-state index in [4.69, 9.17) is 27.9 Å². The zero-order chi connectivity index (χ0) is 18.5.